The lowest BCUT2D eigenvalue weighted by Crippen LogP contribution is -2.77. The maximum atomic E-state index is 11.6. The van der Waals surface area contributed by atoms with Gasteiger partial charge in [-0.3, -0.25) is 4.79 Å². The molecule has 0 heterocycles. The van der Waals surface area contributed by atoms with Gasteiger partial charge in [-0.15, -0.1) is 0 Å². The molecule has 3 aliphatic rings. The van der Waals surface area contributed by atoms with Crippen LogP contribution in [0.15, 0.2) is 0 Å². The minimum Gasteiger partial charge on any atom is -0.449 e. The number of alkyl carbamates (subject to hydrolysis) is 1. The van der Waals surface area contributed by atoms with Gasteiger partial charge < -0.3 is 14.8 Å². The molecule has 3 aliphatic carbocycles. The normalized spacial score (nSPS) is 32.9. The van der Waals surface area contributed by atoms with Crippen molar-refractivity contribution in [1.29, 1.82) is 0 Å². The van der Waals surface area contributed by atoms with Gasteiger partial charge in [-0.25, -0.2) is 4.79 Å². The third-order valence-electron chi connectivity index (χ3n) is 3.42. The Morgan fingerprint density at radius 3 is 2.28 bits per heavy atom. The number of nitrogens with one attached hydrogen (secondary N) is 1. The van der Waals surface area contributed by atoms with Gasteiger partial charge in [0, 0.05) is 5.54 Å². The molecule has 0 aromatic rings. The van der Waals surface area contributed by atoms with Crippen molar-refractivity contribution in [1.82, 2.24) is 5.32 Å². The molecule has 0 radical (unpaired) electrons. The number of alkyl halides is 1. The molecule has 1 N–H and O–H groups in total. The SMILES string of the molecule is CC(C)(C)OC(=O)NC12CC(C(=O)OCCl)(C1)C2. The molecule has 3 rings (SSSR count). The predicted octanol–water partition coefficient (Wildman–Crippen LogP) is 2.17. The Bertz CT molecular complexity index is 368. The molecular formula is C12H18ClNO4. The quantitative estimate of drug-likeness (QED) is 0.633. The van der Waals surface area contributed by atoms with Gasteiger partial charge in [0.05, 0.1) is 5.41 Å². The Labute approximate surface area is 111 Å². The van der Waals surface area contributed by atoms with Crippen LogP contribution >= 0.6 is 11.6 Å². The predicted molar refractivity (Wildman–Crippen MR) is 65.2 cm³/mol. The molecule has 5 nitrogen and oxygen atoms in total. The van der Waals surface area contributed by atoms with Crippen LogP contribution in [0, 0.1) is 5.41 Å². The highest BCUT2D eigenvalue weighted by Gasteiger charge is 2.73. The molecule has 0 aliphatic heterocycles. The number of carbonyl (C=O) groups excluding carboxylic acids is 2. The fraction of sp³-hybridized carbons (Fsp3) is 0.833. The second-order valence-electron chi connectivity index (χ2n) is 6.26. The smallest absolute Gasteiger partial charge is 0.408 e. The average molecular weight is 276 g/mol. The third-order valence-corrected chi connectivity index (χ3v) is 3.52. The van der Waals surface area contributed by atoms with E-state index in [9.17, 15) is 9.59 Å². The highest BCUT2D eigenvalue weighted by Crippen LogP contribution is 2.67. The summed E-state index contributed by atoms with van der Waals surface area (Å²) in [6.45, 7) is 5.44. The fourth-order valence-corrected chi connectivity index (χ4v) is 2.96. The number of esters is 1. The number of halogens is 1. The lowest BCUT2D eigenvalue weighted by atomic mass is 9.39. The van der Waals surface area contributed by atoms with Crippen molar-refractivity contribution < 1.29 is 19.1 Å². The van der Waals surface area contributed by atoms with Crippen molar-refractivity contribution >= 4 is 23.7 Å². The minimum atomic E-state index is -0.511. The van der Waals surface area contributed by atoms with Crippen LogP contribution in [0.25, 0.3) is 0 Å². The van der Waals surface area contributed by atoms with Crippen LogP contribution in [0.3, 0.4) is 0 Å². The number of amides is 1. The van der Waals surface area contributed by atoms with Gasteiger partial charge in [0.2, 0.25) is 0 Å². The summed E-state index contributed by atoms with van der Waals surface area (Å²) in [5.74, 6) is -0.259. The highest BCUT2D eigenvalue weighted by atomic mass is 35.5. The van der Waals surface area contributed by atoms with Crippen molar-refractivity contribution in [3.63, 3.8) is 0 Å². The van der Waals surface area contributed by atoms with E-state index in [1.165, 1.54) is 0 Å². The second-order valence-corrected chi connectivity index (χ2v) is 6.48. The molecule has 102 valence electrons. The summed E-state index contributed by atoms with van der Waals surface area (Å²) in [6.07, 6.45) is 1.43. The van der Waals surface area contributed by atoms with Crippen LogP contribution < -0.4 is 5.32 Å². The van der Waals surface area contributed by atoms with Gasteiger partial charge in [0.25, 0.3) is 0 Å². The Morgan fingerprint density at radius 2 is 1.83 bits per heavy atom. The number of ether oxygens (including phenoxy) is 2. The van der Waals surface area contributed by atoms with Crippen molar-refractivity contribution in [3.05, 3.63) is 0 Å². The zero-order chi connectivity index (χ0) is 13.6. The first-order valence-corrected chi connectivity index (χ1v) is 6.48. The summed E-state index contributed by atoms with van der Waals surface area (Å²) in [7, 11) is 0. The summed E-state index contributed by atoms with van der Waals surface area (Å²) < 4.78 is 9.99. The van der Waals surface area contributed by atoms with Crippen LogP contribution in [-0.4, -0.2) is 29.3 Å². The van der Waals surface area contributed by atoms with Crippen molar-refractivity contribution in [2.75, 3.05) is 6.07 Å². The zero-order valence-electron chi connectivity index (χ0n) is 10.8. The number of rotatable bonds is 3. The third kappa shape index (κ3) is 2.28. The summed E-state index contributed by atoms with van der Waals surface area (Å²) in [4.78, 5) is 23.2. The minimum absolute atomic E-state index is 0.118. The zero-order valence-corrected chi connectivity index (χ0v) is 11.6. The number of hydrogen-bond acceptors (Lipinski definition) is 4. The lowest BCUT2D eigenvalue weighted by molar-refractivity contribution is -0.201. The number of carbonyl (C=O) groups is 2. The summed E-state index contributed by atoms with van der Waals surface area (Å²) >= 11 is 5.36. The van der Waals surface area contributed by atoms with Gasteiger partial charge in [0.15, 0.2) is 6.07 Å². The van der Waals surface area contributed by atoms with E-state index in [1.54, 1.807) is 0 Å². The second kappa shape index (κ2) is 4.02. The first-order chi connectivity index (χ1) is 8.20. The molecule has 0 aromatic carbocycles. The fourth-order valence-electron chi connectivity index (χ4n) is 2.86. The molecule has 3 fully saturated rings. The molecule has 0 saturated heterocycles. The van der Waals surface area contributed by atoms with Crippen molar-refractivity contribution in [2.45, 2.75) is 51.2 Å². The summed E-state index contributed by atoms with van der Waals surface area (Å²) in [5, 5.41) is 2.84. The van der Waals surface area contributed by atoms with Crippen molar-refractivity contribution in [3.8, 4) is 0 Å². The Hall–Kier alpha value is -0.970. The van der Waals surface area contributed by atoms with Crippen LogP contribution in [0.5, 0.6) is 0 Å². The van der Waals surface area contributed by atoms with Crippen molar-refractivity contribution in [2.24, 2.45) is 5.41 Å². The standard InChI is InChI=1S/C12H18ClNO4/c1-10(2,3)18-9(16)14-12-4-11(5-12,6-12)8(15)17-7-13/h4-7H2,1-3H3,(H,14,16). The highest BCUT2D eigenvalue weighted by molar-refractivity contribution is 6.17. The first kappa shape index (κ1) is 13.5. The van der Waals surface area contributed by atoms with Crippen LogP contribution in [-0.2, 0) is 14.3 Å². The summed E-state index contributed by atoms with van der Waals surface area (Å²) in [5.41, 5.74) is -1.19. The number of hydrogen-bond donors (Lipinski definition) is 1. The molecule has 0 unspecified atom stereocenters. The summed E-state index contributed by atoms with van der Waals surface area (Å²) in [6, 6.07) is -0.118. The molecule has 0 spiro atoms. The van der Waals surface area contributed by atoms with E-state index in [1.807, 2.05) is 20.8 Å². The molecular weight excluding hydrogens is 258 g/mol. The monoisotopic (exact) mass is 275 g/mol. The van der Waals surface area contributed by atoms with Crippen LogP contribution in [0.1, 0.15) is 40.0 Å². The van der Waals surface area contributed by atoms with Crippen LogP contribution in [0.2, 0.25) is 0 Å². The molecule has 0 aromatic heterocycles. The average Bonchev–Trinajstić information content (AvgIpc) is 2.05. The van der Waals surface area contributed by atoms with E-state index in [2.05, 4.69) is 5.32 Å². The van der Waals surface area contributed by atoms with Gasteiger partial charge >= 0.3 is 12.1 Å². The molecule has 2 bridgehead atoms. The Balaban J connectivity index is 1.80. The van der Waals surface area contributed by atoms with Gasteiger partial charge in [-0.1, -0.05) is 11.6 Å². The largest absolute Gasteiger partial charge is 0.449 e. The molecule has 6 heteroatoms. The van der Waals surface area contributed by atoms with Gasteiger partial charge in [-0.2, -0.15) is 0 Å². The van der Waals surface area contributed by atoms with Gasteiger partial charge in [-0.05, 0) is 40.0 Å². The van der Waals surface area contributed by atoms with E-state index in [4.69, 9.17) is 21.1 Å². The van der Waals surface area contributed by atoms with Gasteiger partial charge in [0.1, 0.15) is 5.60 Å². The molecule has 0 atom stereocenters. The van der Waals surface area contributed by atoms with E-state index in [0.29, 0.717) is 19.3 Å². The van der Waals surface area contributed by atoms with E-state index in [-0.39, 0.29) is 17.6 Å². The van der Waals surface area contributed by atoms with Crippen LogP contribution in [0.4, 0.5) is 4.79 Å². The molecule has 18 heavy (non-hydrogen) atoms. The maximum Gasteiger partial charge on any atom is 0.408 e. The van der Waals surface area contributed by atoms with E-state index >= 15 is 0 Å². The van der Waals surface area contributed by atoms with E-state index < -0.39 is 17.1 Å². The topological polar surface area (TPSA) is 64.6 Å². The molecule has 1 amide bonds. The lowest BCUT2D eigenvalue weighted by Gasteiger charge is -2.68. The molecule has 3 saturated carbocycles. The maximum absolute atomic E-state index is 11.6. The Kier molecular flexibility index (Phi) is 3.00. The Morgan fingerprint density at radius 1 is 1.28 bits per heavy atom. The first-order valence-electron chi connectivity index (χ1n) is 5.95. The van der Waals surface area contributed by atoms with E-state index in [0.717, 1.165) is 0 Å².